The van der Waals surface area contributed by atoms with Crippen LogP contribution in [0, 0.1) is 28.4 Å². The molecule has 0 saturated heterocycles. The second-order valence-electron chi connectivity index (χ2n) is 4.33. The van der Waals surface area contributed by atoms with E-state index in [2.05, 4.69) is 0 Å². The number of non-ortho nitro benzene ring substituents is 1. The molecular weight excluding hydrogens is 256 g/mol. The van der Waals surface area contributed by atoms with E-state index in [0.29, 0.717) is 12.4 Å². The normalized spacial score (nSPS) is 9.80. The van der Waals surface area contributed by atoms with E-state index in [0.717, 1.165) is 11.1 Å². The number of hydrogen-bond donors (Lipinski definition) is 0. The van der Waals surface area contributed by atoms with Crippen LogP contribution in [-0.2, 0) is 6.61 Å². The van der Waals surface area contributed by atoms with Gasteiger partial charge in [-0.05, 0) is 18.6 Å². The average Bonchev–Trinajstić information content (AvgIpc) is 2.45. The van der Waals surface area contributed by atoms with E-state index in [-0.39, 0.29) is 11.3 Å². The number of aryl methyl sites for hydroxylation is 1. The Morgan fingerprint density at radius 2 is 2.10 bits per heavy atom. The van der Waals surface area contributed by atoms with Gasteiger partial charge in [-0.25, -0.2) is 0 Å². The van der Waals surface area contributed by atoms with Crippen LogP contribution < -0.4 is 4.74 Å². The van der Waals surface area contributed by atoms with E-state index in [1.54, 1.807) is 0 Å². The summed E-state index contributed by atoms with van der Waals surface area (Å²) in [7, 11) is 0. The van der Waals surface area contributed by atoms with Crippen molar-refractivity contribution in [2.24, 2.45) is 0 Å². The molecule has 0 aliphatic rings. The topological polar surface area (TPSA) is 76.2 Å². The quantitative estimate of drug-likeness (QED) is 0.629. The van der Waals surface area contributed by atoms with Crippen LogP contribution in [0.15, 0.2) is 42.5 Å². The van der Waals surface area contributed by atoms with E-state index in [1.807, 2.05) is 37.3 Å². The number of nitrogens with zero attached hydrogens (tertiary/aromatic N) is 2. The van der Waals surface area contributed by atoms with Crippen LogP contribution >= 0.6 is 0 Å². The van der Waals surface area contributed by atoms with Crippen LogP contribution in [0.25, 0.3) is 0 Å². The van der Waals surface area contributed by atoms with Gasteiger partial charge in [-0.3, -0.25) is 10.1 Å². The van der Waals surface area contributed by atoms with Gasteiger partial charge < -0.3 is 4.74 Å². The zero-order valence-corrected chi connectivity index (χ0v) is 10.9. The Balaban J connectivity index is 2.18. The van der Waals surface area contributed by atoms with Gasteiger partial charge in [0.15, 0.2) is 0 Å². The molecule has 0 radical (unpaired) electrons. The molecule has 0 heterocycles. The summed E-state index contributed by atoms with van der Waals surface area (Å²) in [5.74, 6) is 0.347. The second kappa shape index (κ2) is 5.85. The predicted octanol–water partition coefficient (Wildman–Crippen LogP) is 3.35. The van der Waals surface area contributed by atoms with Gasteiger partial charge in [-0.1, -0.05) is 29.8 Å². The molecule has 0 aliphatic carbocycles. The van der Waals surface area contributed by atoms with Crippen LogP contribution in [-0.4, -0.2) is 4.92 Å². The van der Waals surface area contributed by atoms with E-state index < -0.39 is 4.92 Å². The minimum absolute atomic E-state index is 0.121. The van der Waals surface area contributed by atoms with Crippen molar-refractivity contribution < 1.29 is 9.66 Å². The Labute approximate surface area is 116 Å². The minimum Gasteiger partial charge on any atom is -0.488 e. The SMILES string of the molecule is Cc1cccc(COc2ccc([N+](=O)[O-])cc2C#N)c1. The zero-order valence-electron chi connectivity index (χ0n) is 10.9. The maximum absolute atomic E-state index is 10.7. The minimum atomic E-state index is -0.537. The largest absolute Gasteiger partial charge is 0.488 e. The number of nitro groups is 1. The van der Waals surface area contributed by atoms with Crippen molar-refractivity contribution in [3.8, 4) is 11.8 Å². The van der Waals surface area contributed by atoms with Crippen LogP contribution in [0.4, 0.5) is 5.69 Å². The van der Waals surface area contributed by atoms with Crippen LogP contribution in [0.1, 0.15) is 16.7 Å². The summed E-state index contributed by atoms with van der Waals surface area (Å²) in [6, 6.07) is 13.7. The lowest BCUT2D eigenvalue weighted by molar-refractivity contribution is -0.384. The third-order valence-electron chi connectivity index (χ3n) is 2.77. The molecule has 2 aromatic carbocycles. The van der Waals surface area contributed by atoms with E-state index in [1.165, 1.54) is 18.2 Å². The molecule has 0 saturated carbocycles. The first-order chi connectivity index (χ1) is 9.60. The molecule has 100 valence electrons. The van der Waals surface area contributed by atoms with Crippen molar-refractivity contribution >= 4 is 5.69 Å². The summed E-state index contributed by atoms with van der Waals surface area (Å²) in [6.45, 7) is 2.30. The summed E-state index contributed by atoms with van der Waals surface area (Å²) in [5.41, 5.74) is 2.14. The fourth-order valence-corrected chi connectivity index (χ4v) is 1.81. The van der Waals surface area contributed by atoms with Gasteiger partial charge in [0.05, 0.1) is 4.92 Å². The highest BCUT2D eigenvalue weighted by Crippen LogP contribution is 2.24. The Kier molecular flexibility index (Phi) is 3.96. The standard InChI is InChI=1S/C15H12N2O3/c1-11-3-2-4-12(7-11)10-20-15-6-5-14(17(18)19)8-13(15)9-16/h2-8H,10H2,1H3. The molecule has 0 atom stereocenters. The molecule has 0 amide bonds. The number of nitriles is 1. The monoisotopic (exact) mass is 268 g/mol. The molecule has 0 fully saturated rings. The van der Waals surface area contributed by atoms with Gasteiger partial charge >= 0.3 is 0 Å². The average molecular weight is 268 g/mol. The molecule has 0 bridgehead atoms. The van der Waals surface area contributed by atoms with Crippen LogP contribution in [0.2, 0.25) is 0 Å². The summed E-state index contributed by atoms with van der Waals surface area (Å²) < 4.78 is 5.56. The molecular formula is C15H12N2O3. The lowest BCUT2D eigenvalue weighted by Gasteiger charge is -2.08. The first-order valence-electron chi connectivity index (χ1n) is 5.97. The molecule has 2 rings (SSSR count). The smallest absolute Gasteiger partial charge is 0.271 e. The fraction of sp³-hybridized carbons (Fsp3) is 0.133. The van der Waals surface area contributed by atoms with Crippen molar-refractivity contribution in [2.45, 2.75) is 13.5 Å². The lowest BCUT2D eigenvalue weighted by atomic mass is 10.1. The summed E-state index contributed by atoms with van der Waals surface area (Å²) in [6.07, 6.45) is 0. The van der Waals surface area contributed by atoms with E-state index in [9.17, 15) is 10.1 Å². The first-order valence-corrected chi connectivity index (χ1v) is 5.97. The summed E-state index contributed by atoms with van der Waals surface area (Å²) in [4.78, 5) is 10.1. The number of benzene rings is 2. The number of rotatable bonds is 4. The third-order valence-corrected chi connectivity index (χ3v) is 2.77. The Morgan fingerprint density at radius 3 is 2.75 bits per heavy atom. The molecule has 0 N–H and O–H groups in total. The Hall–Kier alpha value is -2.87. The molecule has 2 aromatic rings. The maximum Gasteiger partial charge on any atom is 0.271 e. The zero-order chi connectivity index (χ0) is 14.5. The highest BCUT2D eigenvalue weighted by Gasteiger charge is 2.11. The van der Waals surface area contributed by atoms with E-state index in [4.69, 9.17) is 10.00 Å². The van der Waals surface area contributed by atoms with Crippen molar-refractivity contribution in [3.05, 3.63) is 69.3 Å². The summed E-state index contributed by atoms with van der Waals surface area (Å²) >= 11 is 0. The molecule has 0 unspecified atom stereocenters. The highest BCUT2D eigenvalue weighted by molar-refractivity contribution is 5.50. The number of ether oxygens (including phenoxy) is 1. The molecule has 0 spiro atoms. The van der Waals surface area contributed by atoms with E-state index >= 15 is 0 Å². The Bertz CT molecular complexity index is 690. The molecule has 5 heteroatoms. The van der Waals surface area contributed by atoms with Crippen molar-refractivity contribution in [3.63, 3.8) is 0 Å². The van der Waals surface area contributed by atoms with Crippen molar-refractivity contribution in [2.75, 3.05) is 0 Å². The van der Waals surface area contributed by atoms with Gasteiger partial charge in [-0.15, -0.1) is 0 Å². The molecule has 5 nitrogen and oxygen atoms in total. The fourth-order valence-electron chi connectivity index (χ4n) is 1.81. The number of hydrogen-bond acceptors (Lipinski definition) is 4. The van der Waals surface area contributed by atoms with Gasteiger partial charge in [0.2, 0.25) is 0 Å². The third kappa shape index (κ3) is 3.12. The molecule has 0 aliphatic heterocycles. The predicted molar refractivity (Wildman–Crippen MR) is 73.3 cm³/mol. The number of nitro benzene ring substituents is 1. The highest BCUT2D eigenvalue weighted by atomic mass is 16.6. The van der Waals surface area contributed by atoms with Gasteiger partial charge in [0, 0.05) is 12.1 Å². The van der Waals surface area contributed by atoms with Crippen molar-refractivity contribution in [1.82, 2.24) is 0 Å². The Morgan fingerprint density at radius 1 is 1.30 bits per heavy atom. The lowest BCUT2D eigenvalue weighted by Crippen LogP contribution is -1.98. The van der Waals surface area contributed by atoms with Crippen molar-refractivity contribution in [1.29, 1.82) is 5.26 Å². The first kappa shape index (κ1) is 13.6. The molecule has 20 heavy (non-hydrogen) atoms. The maximum atomic E-state index is 10.7. The van der Waals surface area contributed by atoms with Gasteiger partial charge in [-0.2, -0.15) is 5.26 Å². The van der Waals surface area contributed by atoms with Crippen LogP contribution in [0.5, 0.6) is 5.75 Å². The van der Waals surface area contributed by atoms with Gasteiger partial charge in [0.1, 0.15) is 24.0 Å². The molecule has 0 aromatic heterocycles. The van der Waals surface area contributed by atoms with Crippen LogP contribution in [0.3, 0.4) is 0 Å². The summed E-state index contributed by atoms with van der Waals surface area (Å²) in [5, 5.41) is 19.7. The second-order valence-corrected chi connectivity index (χ2v) is 4.33. The van der Waals surface area contributed by atoms with Gasteiger partial charge in [0.25, 0.3) is 5.69 Å².